The van der Waals surface area contributed by atoms with Gasteiger partial charge in [-0.25, -0.2) is 0 Å². The van der Waals surface area contributed by atoms with Crippen molar-refractivity contribution in [2.24, 2.45) is 5.92 Å². The number of Topliss-reactive ketones (excluding diaryl/α,β-unsaturated/α-hetero) is 1. The van der Waals surface area contributed by atoms with Crippen LogP contribution in [0.25, 0.3) is 0 Å². The molecule has 2 amide bonds. The van der Waals surface area contributed by atoms with E-state index >= 15 is 0 Å². The highest BCUT2D eigenvalue weighted by atomic mass is 16.5. The van der Waals surface area contributed by atoms with Crippen LogP contribution < -0.4 is 10.2 Å². The van der Waals surface area contributed by atoms with E-state index < -0.39 is 24.4 Å². The molecular weight excluding hydrogens is 388 g/mol. The molecule has 0 radical (unpaired) electrons. The van der Waals surface area contributed by atoms with Gasteiger partial charge in [0.25, 0.3) is 5.91 Å². The lowest BCUT2D eigenvalue weighted by Crippen LogP contribution is -2.43. The second-order valence-electron chi connectivity index (χ2n) is 6.92. The van der Waals surface area contributed by atoms with E-state index in [0.717, 1.165) is 10.6 Å². The quantitative estimate of drug-likeness (QED) is 0.553. The Morgan fingerprint density at radius 2 is 1.80 bits per heavy atom. The maximum absolute atomic E-state index is 12.4. The molecule has 0 unspecified atom stereocenters. The minimum atomic E-state index is -0.752. The fourth-order valence-corrected chi connectivity index (χ4v) is 3.10. The van der Waals surface area contributed by atoms with Crippen molar-refractivity contribution in [2.45, 2.75) is 13.3 Å². The molecule has 1 N–H and O–H groups in total. The minimum Gasteiger partial charge on any atom is -0.497 e. The first-order chi connectivity index (χ1) is 14.4. The van der Waals surface area contributed by atoms with E-state index in [4.69, 9.17) is 9.47 Å². The normalized spacial score (nSPS) is 15.6. The number of hydrazine groups is 1. The lowest BCUT2D eigenvalue weighted by Gasteiger charge is -2.18. The van der Waals surface area contributed by atoms with Gasteiger partial charge in [0.15, 0.2) is 12.4 Å². The Bertz CT molecular complexity index is 970. The third kappa shape index (κ3) is 4.83. The predicted molar refractivity (Wildman–Crippen MR) is 107 cm³/mol. The second kappa shape index (κ2) is 9.21. The SMILES string of the molecule is COc1ccc(C(=O)COC(=O)[C@@H]2CC(=O)N(NC(=O)c3ccccc3C)C2)cc1. The Balaban J connectivity index is 1.52. The topological polar surface area (TPSA) is 102 Å². The van der Waals surface area contributed by atoms with Crippen LogP contribution in [0.4, 0.5) is 0 Å². The fourth-order valence-electron chi connectivity index (χ4n) is 3.10. The number of esters is 1. The maximum Gasteiger partial charge on any atom is 0.311 e. The van der Waals surface area contributed by atoms with Crippen molar-refractivity contribution < 1.29 is 28.7 Å². The molecule has 1 saturated heterocycles. The van der Waals surface area contributed by atoms with Crippen molar-refractivity contribution in [1.82, 2.24) is 10.4 Å². The molecule has 1 fully saturated rings. The van der Waals surface area contributed by atoms with Gasteiger partial charge in [0.2, 0.25) is 5.91 Å². The molecule has 0 aliphatic carbocycles. The van der Waals surface area contributed by atoms with Crippen LogP contribution in [0, 0.1) is 12.8 Å². The average Bonchev–Trinajstić information content (AvgIpc) is 3.12. The molecule has 3 rings (SSSR count). The highest BCUT2D eigenvalue weighted by Crippen LogP contribution is 2.19. The third-order valence-electron chi connectivity index (χ3n) is 4.84. The van der Waals surface area contributed by atoms with Crippen LogP contribution in [0.1, 0.15) is 32.7 Å². The van der Waals surface area contributed by atoms with Gasteiger partial charge in [0.1, 0.15) is 5.75 Å². The highest BCUT2D eigenvalue weighted by Gasteiger charge is 2.36. The Labute approximate surface area is 173 Å². The first-order valence-electron chi connectivity index (χ1n) is 9.40. The van der Waals surface area contributed by atoms with Crippen LogP contribution in [0.3, 0.4) is 0 Å². The number of ketones is 1. The summed E-state index contributed by atoms with van der Waals surface area (Å²) in [6.45, 7) is 1.36. The molecule has 8 nitrogen and oxygen atoms in total. The first-order valence-corrected chi connectivity index (χ1v) is 9.40. The molecule has 0 bridgehead atoms. The van der Waals surface area contributed by atoms with Crippen molar-refractivity contribution in [3.05, 3.63) is 65.2 Å². The third-order valence-corrected chi connectivity index (χ3v) is 4.84. The van der Waals surface area contributed by atoms with Crippen LogP contribution in [0.5, 0.6) is 5.75 Å². The summed E-state index contributed by atoms with van der Waals surface area (Å²) in [5, 5.41) is 1.12. The zero-order valence-electron chi connectivity index (χ0n) is 16.7. The van der Waals surface area contributed by atoms with E-state index in [-0.39, 0.29) is 24.7 Å². The number of methoxy groups -OCH3 is 1. The number of nitrogens with zero attached hydrogens (tertiary/aromatic N) is 1. The summed E-state index contributed by atoms with van der Waals surface area (Å²) in [7, 11) is 1.52. The van der Waals surface area contributed by atoms with E-state index in [1.165, 1.54) is 7.11 Å². The van der Waals surface area contributed by atoms with Crippen molar-refractivity contribution >= 4 is 23.6 Å². The zero-order chi connectivity index (χ0) is 21.7. The van der Waals surface area contributed by atoms with Gasteiger partial charge in [0, 0.05) is 17.5 Å². The summed E-state index contributed by atoms with van der Waals surface area (Å²) in [5.41, 5.74) is 4.14. The van der Waals surface area contributed by atoms with Crippen molar-refractivity contribution in [1.29, 1.82) is 0 Å². The summed E-state index contributed by atoms with van der Waals surface area (Å²) in [5.74, 6) is -1.97. The molecule has 0 aromatic heterocycles. The monoisotopic (exact) mass is 410 g/mol. The lowest BCUT2D eigenvalue weighted by atomic mass is 10.1. The van der Waals surface area contributed by atoms with Gasteiger partial charge in [-0.1, -0.05) is 18.2 Å². The zero-order valence-corrected chi connectivity index (χ0v) is 16.7. The van der Waals surface area contributed by atoms with Gasteiger partial charge in [-0.2, -0.15) is 0 Å². The number of amides is 2. The molecule has 156 valence electrons. The van der Waals surface area contributed by atoms with Gasteiger partial charge in [-0.15, -0.1) is 0 Å². The number of rotatable bonds is 7. The first kappa shape index (κ1) is 21.0. The Kier molecular flexibility index (Phi) is 6.46. The van der Waals surface area contributed by atoms with Gasteiger partial charge in [-0.05, 0) is 42.8 Å². The maximum atomic E-state index is 12.4. The Morgan fingerprint density at radius 1 is 1.10 bits per heavy atom. The number of nitrogens with one attached hydrogen (secondary N) is 1. The molecule has 2 aromatic carbocycles. The van der Waals surface area contributed by atoms with E-state index in [2.05, 4.69) is 5.43 Å². The molecule has 0 saturated carbocycles. The van der Waals surface area contributed by atoms with Crippen LogP contribution in [-0.4, -0.2) is 48.8 Å². The molecular formula is C22H22N2O6. The van der Waals surface area contributed by atoms with Crippen molar-refractivity contribution in [3.63, 3.8) is 0 Å². The second-order valence-corrected chi connectivity index (χ2v) is 6.92. The van der Waals surface area contributed by atoms with Crippen molar-refractivity contribution in [3.8, 4) is 5.75 Å². The largest absolute Gasteiger partial charge is 0.497 e. The van der Waals surface area contributed by atoms with E-state index in [1.54, 1.807) is 49.4 Å². The number of aryl methyl sites for hydroxylation is 1. The number of benzene rings is 2. The number of carbonyl (C=O) groups is 4. The van der Waals surface area contributed by atoms with Gasteiger partial charge < -0.3 is 9.47 Å². The van der Waals surface area contributed by atoms with Crippen LogP contribution in [-0.2, 0) is 14.3 Å². The molecule has 1 atom stereocenters. The van der Waals surface area contributed by atoms with Gasteiger partial charge in [0.05, 0.1) is 19.6 Å². The van der Waals surface area contributed by atoms with E-state index in [1.807, 2.05) is 6.07 Å². The van der Waals surface area contributed by atoms with Gasteiger partial charge >= 0.3 is 5.97 Å². The standard InChI is InChI=1S/C22H22N2O6/c1-14-5-3-4-6-18(14)21(27)23-24-12-16(11-20(24)26)22(28)30-13-19(25)15-7-9-17(29-2)10-8-15/h3-10,16H,11-13H2,1-2H3,(H,23,27)/t16-/m1/s1. The average molecular weight is 410 g/mol. The number of hydrogen-bond donors (Lipinski definition) is 1. The smallest absolute Gasteiger partial charge is 0.311 e. The van der Waals surface area contributed by atoms with E-state index in [9.17, 15) is 19.2 Å². The highest BCUT2D eigenvalue weighted by molar-refractivity contribution is 5.99. The molecule has 1 aliphatic rings. The number of hydrogen-bond acceptors (Lipinski definition) is 6. The molecule has 2 aromatic rings. The number of carbonyl (C=O) groups excluding carboxylic acids is 4. The summed E-state index contributed by atoms with van der Waals surface area (Å²) >= 11 is 0. The summed E-state index contributed by atoms with van der Waals surface area (Å²) in [6.07, 6.45) is -0.0936. The van der Waals surface area contributed by atoms with Crippen LogP contribution in [0.2, 0.25) is 0 Å². The van der Waals surface area contributed by atoms with Crippen molar-refractivity contribution in [2.75, 3.05) is 20.3 Å². The van der Waals surface area contributed by atoms with E-state index in [0.29, 0.717) is 16.9 Å². The molecule has 1 heterocycles. The molecule has 30 heavy (non-hydrogen) atoms. The Hall–Kier alpha value is -3.68. The lowest BCUT2D eigenvalue weighted by molar-refractivity contribution is -0.147. The summed E-state index contributed by atoms with van der Waals surface area (Å²) in [6, 6.07) is 13.4. The molecule has 0 spiro atoms. The summed E-state index contributed by atoms with van der Waals surface area (Å²) in [4.78, 5) is 49.0. The van der Waals surface area contributed by atoms with Crippen LogP contribution >= 0.6 is 0 Å². The minimum absolute atomic E-state index is 0.00792. The summed E-state index contributed by atoms with van der Waals surface area (Å²) < 4.78 is 10.1. The number of ether oxygens (including phenoxy) is 2. The Morgan fingerprint density at radius 3 is 2.47 bits per heavy atom. The molecule has 1 aliphatic heterocycles. The van der Waals surface area contributed by atoms with Gasteiger partial charge in [-0.3, -0.25) is 29.6 Å². The molecule has 8 heteroatoms. The van der Waals surface area contributed by atoms with Crippen LogP contribution in [0.15, 0.2) is 48.5 Å². The predicted octanol–water partition coefficient (Wildman–Crippen LogP) is 1.92. The fraction of sp³-hybridized carbons (Fsp3) is 0.273.